The van der Waals surface area contributed by atoms with Gasteiger partial charge >= 0.3 is 0 Å². The van der Waals surface area contributed by atoms with Crippen LogP contribution in [0.5, 0.6) is 5.75 Å². The number of hydrogen-bond acceptors (Lipinski definition) is 4. The Bertz CT molecular complexity index is 501. The van der Waals surface area contributed by atoms with Crippen LogP contribution < -0.4 is 4.74 Å². The number of benzene rings is 1. The minimum Gasteiger partial charge on any atom is -0.492 e. The van der Waals surface area contributed by atoms with Crippen LogP contribution in [0.3, 0.4) is 0 Å². The maximum Gasteiger partial charge on any atom is 0.137 e. The number of aliphatic hydroxyl groups excluding tert-OH is 1. The summed E-state index contributed by atoms with van der Waals surface area (Å²) in [6, 6.07) is 7.44. The number of aromatic nitrogens is 1. The van der Waals surface area contributed by atoms with Crippen LogP contribution in [0.25, 0.3) is 0 Å². The molecular formula is C13H14ClNO2S. The van der Waals surface area contributed by atoms with Crippen molar-refractivity contribution in [2.24, 2.45) is 0 Å². The SMILES string of the molecule is OCc1csc(CCCOc2ccccc2Cl)n1. The minimum absolute atomic E-state index is 0.00657. The fourth-order valence-corrected chi connectivity index (χ4v) is 2.53. The van der Waals surface area contributed by atoms with E-state index in [2.05, 4.69) is 4.98 Å². The second-order valence-corrected chi connectivity index (χ2v) is 5.12. The first-order chi connectivity index (χ1) is 8.79. The van der Waals surface area contributed by atoms with E-state index in [1.807, 2.05) is 29.6 Å². The molecule has 2 rings (SSSR count). The average Bonchev–Trinajstić information content (AvgIpc) is 2.84. The van der Waals surface area contributed by atoms with Crippen LogP contribution in [0.15, 0.2) is 29.6 Å². The van der Waals surface area contributed by atoms with Crippen molar-refractivity contribution in [3.8, 4) is 5.75 Å². The highest BCUT2D eigenvalue weighted by Crippen LogP contribution is 2.23. The van der Waals surface area contributed by atoms with Crippen molar-refractivity contribution in [3.63, 3.8) is 0 Å². The van der Waals surface area contributed by atoms with Crippen LogP contribution in [0.4, 0.5) is 0 Å². The molecule has 1 N–H and O–H groups in total. The Morgan fingerprint density at radius 3 is 2.89 bits per heavy atom. The largest absolute Gasteiger partial charge is 0.492 e. The van der Waals surface area contributed by atoms with Crippen molar-refractivity contribution in [3.05, 3.63) is 45.4 Å². The van der Waals surface area contributed by atoms with E-state index >= 15 is 0 Å². The number of halogens is 1. The molecule has 0 bridgehead atoms. The second kappa shape index (κ2) is 6.73. The molecule has 2 aromatic rings. The van der Waals surface area contributed by atoms with Crippen LogP contribution in [-0.4, -0.2) is 16.7 Å². The maximum atomic E-state index is 8.91. The first-order valence-electron chi connectivity index (χ1n) is 5.71. The lowest BCUT2D eigenvalue weighted by Gasteiger charge is -2.06. The molecule has 18 heavy (non-hydrogen) atoms. The van der Waals surface area contributed by atoms with Gasteiger partial charge in [-0.15, -0.1) is 11.3 Å². The minimum atomic E-state index is 0.00657. The van der Waals surface area contributed by atoms with Crippen molar-refractivity contribution in [1.82, 2.24) is 4.98 Å². The summed E-state index contributed by atoms with van der Waals surface area (Å²) in [6.07, 6.45) is 1.73. The van der Waals surface area contributed by atoms with Gasteiger partial charge in [0, 0.05) is 11.8 Å². The molecule has 0 aliphatic carbocycles. The summed E-state index contributed by atoms with van der Waals surface area (Å²) in [4.78, 5) is 4.28. The predicted octanol–water partition coefficient (Wildman–Crippen LogP) is 3.30. The summed E-state index contributed by atoms with van der Waals surface area (Å²) in [6.45, 7) is 0.615. The van der Waals surface area contributed by atoms with E-state index in [1.54, 1.807) is 11.3 Å². The number of thiazole rings is 1. The van der Waals surface area contributed by atoms with Crippen LogP contribution >= 0.6 is 22.9 Å². The van der Waals surface area contributed by atoms with Crippen molar-refractivity contribution in [2.75, 3.05) is 6.61 Å². The van der Waals surface area contributed by atoms with Gasteiger partial charge in [-0.05, 0) is 18.6 Å². The number of rotatable bonds is 6. The molecule has 96 valence electrons. The molecular weight excluding hydrogens is 270 g/mol. The van der Waals surface area contributed by atoms with Crippen LogP contribution in [0, 0.1) is 0 Å². The molecule has 0 aliphatic rings. The predicted molar refractivity (Wildman–Crippen MR) is 73.3 cm³/mol. The first kappa shape index (κ1) is 13.3. The number of aryl methyl sites for hydroxylation is 1. The number of para-hydroxylation sites is 1. The van der Waals surface area contributed by atoms with Gasteiger partial charge in [-0.1, -0.05) is 23.7 Å². The van der Waals surface area contributed by atoms with E-state index in [9.17, 15) is 0 Å². The molecule has 1 aromatic heterocycles. The van der Waals surface area contributed by atoms with Gasteiger partial charge in [0.05, 0.1) is 28.9 Å². The van der Waals surface area contributed by atoms with Gasteiger partial charge in [0.2, 0.25) is 0 Å². The topological polar surface area (TPSA) is 42.4 Å². The summed E-state index contributed by atoms with van der Waals surface area (Å²) < 4.78 is 5.59. The Kier molecular flexibility index (Phi) is 4.99. The second-order valence-electron chi connectivity index (χ2n) is 3.77. The molecule has 3 nitrogen and oxygen atoms in total. The molecule has 0 saturated heterocycles. The van der Waals surface area contributed by atoms with Gasteiger partial charge in [-0.25, -0.2) is 4.98 Å². The highest BCUT2D eigenvalue weighted by atomic mass is 35.5. The standard InChI is InChI=1S/C13H14ClNO2S/c14-11-4-1-2-5-12(11)17-7-3-6-13-15-10(8-16)9-18-13/h1-2,4-5,9,16H,3,6-8H2. The fraction of sp³-hybridized carbons (Fsp3) is 0.308. The summed E-state index contributed by atoms with van der Waals surface area (Å²) >= 11 is 7.55. The molecule has 1 heterocycles. The van der Waals surface area contributed by atoms with E-state index in [0.717, 1.165) is 23.5 Å². The van der Waals surface area contributed by atoms with Gasteiger partial charge in [0.1, 0.15) is 5.75 Å². The molecule has 0 radical (unpaired) electrons. The summed E-state index contributed by atoms with van der Waals surface area (Å²) in [5.74, 6) is 0.717. The van der Waals surface area contributed by atoms with Gasteiger partial charge in [-0.3, -0.25) is 0 Å². The molecule has 0 aliphatic heterocycles. The molecule has 5 heteroatoms. The highest BCUT2D eigenvalue weighted by Gasteiger charge is 2.02. The number of nitrogens with zero attached hydrogens (tertiary/aromatic N) is 1. The molecule has 0 saturated carbocycles. The van der Waals surface area contributed by atoms with Crippen molar-refractivity contribution in [1.29, 1.82) is 0 Å². The van der Waals surface area contributed by atoms with E-state index in [-0.39, 0.29) is 6.61 Å². The zero-order valence-electron chi connectivity index (χ0n) is 9.80. The normalized spacial score (nSPS) is 10.6. The van der Waals surface area contributed by atoms with E-state index in [1.165, 1.54) is 0 Å². The van der Waals surface area contributed by atoms with Crippen LogP contribution in [0.2, 0.25) is 5.02 Å². The Labute approximate surface area is 115 Å². The van der Waals surface area contributed by atoms with Crippen molar-refractivity contribution >= 4 is 22.9 Å². The Balaban J connectivity index is 1.74. The fourth-order valence-electron chi connectivity index (χ4n) is 1.50. The third kappa shape index (κ3) is 3.70. The molecule has 0 unspecified atom stereocenters. The van der Waals surface area contributed by atoms with E-state index in [0.29, 0.717) is 17.4 Å². The average molecular weight is 284 g/mol. The zero-order valence-corrected chi connectivity index (χ0v) is 11.4. The Morgan fingerprint density at radius 1 is 1.33 bits per heavy atom. The van der Waals surface area contributed by atoms with Crippen molar-refractivity contribution in [2.45, 2.75) is 19.4 Å². The van der Waals surface area contributed by atoms with Gasteiger partial charge in [0.25, 0.3) is 0 Å². The van der Waals surface area contributed by atoms with E-state index < -0.39 is 0 Å². The molecule has 0 spiro atoms. The lowest BCUT2D eigenvalue weighted by molar-refractivity contribution is 0.277. The summed E-state index contributed by atoms with van der Waals surface area (Å²) in [5.41, 5.74) is 0.738. The third-order valence-corrected chi connectivity index (χ3v) is 3.66. The van der Waals surface area contributed by atoms with Gasteiger partial charge in [0.15, 0.2) is 0 Å². The molecule has 0 amide bonds. The lowest BCUT2D eigenvalue weighted by atomic mass is 10.3. The number of ether oxygens (including phenoxy) is 1. The smallest absolute Gasteiger partial charge is 0.137 e. The molecule has 1 aromatic carbocycles. The monoisotopic (exact) mass is 283 g/mol. The number of hydrogen-bond donors (Lipinski definition) is 1. The number of aliphatic hydroxyl groups is 1. The Hall–Kier alpha value is -1.10. The van der Waals surface area contributed by atoms with Crippen molar-refractivity contribution < 1.29 is 9.84 Å². The van der Waals surface area contributed by atoms with Crippen LogP contribution in [-0.2, 0) is 13.0 Å². The first-order valence-corrected chi connectivity index (χ1v) is 6.97. The van der Waals surface area contributed by atoms with E-state index in [4.69, 9.17) is 21.4 Å². The highest BCUT2D eigenvalue weighted by molar-refractivity contribution is 7.09. The third-order valence-electron chi connectivity index (χ3n) is 2.39. The van der Waals surface area contributed by atoms with Gasteiger partial charge in [-0.2, -0.15) is 0 Å². The lowest BCUT2D eigenvalue weighted by Crippen LogP contribution is -1.99. The van der Waals surface area contributed by atoms with Crippen LogP contribution in [0.1, 0.15) is 17.1 Å². The summed E-state index contributed by atoms with van der Waals surface area (Å²) in [5, 5.41) is 12.4. The summed E-state index contributed by atoms with van der Waals surface area (Å²) in [7, 11) is 0. The molecule has 0 fully saturated rings. The zero-order chi connectivity index (χ0) is 12.8. The Morgan fingerprint density at radius 2 is 2.17 bits per heavy atom. The molecule has 0 atom stereocenters. The maximum absolute atomic E-state index is 8.91. The quantitative estimate of drug-likeness (QED) is 0.827. The van der Waals surface area contributed by atoms with Gasteiger partial charge < -0.3 is 9.84 Å².